The molecule has 2 nitrogen and oxygen atoms in total. The predicted molar refractivity (Wildman–Crippen MR) is 45.3 cm³/mol. The van der Waals surface area contributed by atoms with E-state index in [1.807, 2.05) is 0 Å². The van der Waals surface area contributed by atoms with E-state index in [2.05, 4.69) is 0 Å². The van der Waals surface area contributed by atoms with Crippen LogP contribution in [0.4, 0.5) is 35.1 Å². The van der Waals surface area contributed by atoms with Crippen LogP contribution < -0.4 is 0 Å². The maximum absolute atomic E-state index is 13.6. The smallest absolute Gasteiger partial charge is 0.376 e. The van der Waals surface area contributed by atoms with Gasteiger partial charge in [-0.15, -0.1) is 0 Å². The molecule has 0 aromatic rings. The summed E-state index contributed by atoms with van der Waals surface area (Å²) >= 11 is 0. The molecular formula is C9H10F8O2. The lowest BCUT2D eigenvalue weighted by Crippen LogP contribution is -2.68. The fourth-order valence-electron chi connectivity index (χ4n) is 2.46. The summed E-state index contributed by atoms with van der Waals surface area (Å²) in [7, 11) is 0. The van der Waals surface area contributed by atoms with E-state index in [0.717, 1.165) is 0 Å². The molecule has 4 atom stereocenters. The van der Waals surface area contributed by atoms with Gasteiger partial charge in [-0.05, 0) is 0 Å². The molecule has 114 valence electrons. The minimum Gasteiger partial charge on any atom is -0.376 e. The minimum atomic E-state index is -6.03. The van der Waals surface area contributed by atoms with E-state index in [9.17, 15) is 35.1 Å². The molecule has 0 aromatic carbocycles. The Hall–Kier alpha value is -0.640. The van der Waals surface area contributed by atoms with Crippen LogP contribution in [0.5, 0.6) is 0 Å². The minimum absolute atomic E-state index is 0.385. The lowest BCUT2D eigenvalue weighted by Gasteiger charge is -2.39. The molecule has 1 aliphatic rings. The maximum atomic E-state index is 13.6. The Bertz CT molecular complexity index is 341. The zero-order valence-electron chi connectivity index (χ0n) is 9.57. The van der Waals surface area contributed by atoms with Crippen molar-refractivity contribution in [2.45, 2.75) is 43.3 Å². The van der Waals surface area contributed by atoms with Crippen molar-refractivity contribution in [2.75, 3.05) is 0 Å². The van der Waals surface area contributed by atoms with Crippen molar-refractivity contribution >= 4 is 0 Å². The van der Waals surface area contributed by atoms with Gasteiger partial charge in [0.2, 0.25) is 11.2 Å². The maximum Gasteiger partial charge on any atom is 0.423 e. The molecule has 0 radical (unpaired) electrons. The quantitative estimate of drug-likeness (QED) is 0.675. The average Bonchev–Trinajstić information content (AvgIpc) is 2.29. The van der Waals surface area contributed by atoms with Gasteiger partial charge in [0, 0.05) is 11.8 Å². The summed E-state index contributed by atoms with van der Waals surface area (Å²) in [4.78, 5) is 0. The van der Waals surface area contributed by atoms with Crippen LogP contribution in [0, 0.1) is 11.8 Å². The molecule has 0 heterocycles. The zero-order valence-corrected chi connectivity index (χ0v) is 9.57. The molecule has 1 fully saturated rings. The van der Waals surface area contributed by atoms with Gasteiger partial charge in [-0.1, -0.05) is 13.8 Å². The third-order valence-corrected chi connectivity index (χ3v) is 3.89. The summed E-state index contributed by atoms with van der Waals surface area (Å²) in [5, 5.41) is 18.3. The Labute approximate surface area is 102 Å². The predicted octanol–water partition coefficient (Wildman–Crippen LogP) is 2.49. The van der Waals surface area contributed by atoms with Gasteiger partial charge >= 0.3 is 18.3 Å². The fourth-order valence-corrected chi connectivity index (χ4v) is 2.46. The van der Waals surface area contributed by atoms with Crippen molar-refractivity contribution < 1.29 is 45.3 Å². The second-order valence-corrected chi connectivity index (χ2v) is 4.68. The first-order chi connectivity index (χ1) is 8.07. The molecule has 0 bridgehead atoms. The molecule has 1 saturated carbocycles. The number of rotatable bonds is 0. The van der Waals surface area contributed by atoms with Crippen LogP contribution in [-0.4, -0.2) is 39.7 Å². The summed E-state index contributed by atoms with van der Waals surface area (Å²) < 4.78 is 103. The third-order valence-electron chi connectivity index (χ3n) is 3.89. The van der Waals surface area contributed by atoms with Crippen LogP contribution in [0.3, 0.4) is 0 Å². The summed E-state index contributed by atoms with van der Waals surface area (Å²) in [5.41, 5.74) is -9.91. The van der Waals surface area contributed by atoms with E-state index in [1.54, 1.807) is 0 Å². The molecule has 0 aromatic heterocycles. The van der Waals surface area contributed by atoms with Crippen molar-refractivity contribution in [1.82, 2.24) is 0 Å². The number of hydrogen-bond acceptors (Lipinski definition) is 2. The van der Waals surface area contributed by atoms with E-state index in [0.29, 0.717) is 13.8 Å². The van der Waals surface area contributed by atoms with Crippen LogP contribution in [0.2, 0.25) is 0 Å². The van der Waals surface area contributed by atoms with E-state index in [4.69, 9.17) is 10.2 Å². The lowest BCUT2D eigenvalue weighted by atomic mass is 9.86. The molecule has 1 rings (SSSR count). The van der Waals surface area contributed by atoms with Gasteiger partial charge in [-0.2, -0.15) is 35.1 Å². The number of alkyl halides is 8. The van der Waals surface area contributed by atoms with Gasteiger partial charge in [-0.25, -0.2) is 0 Å². The van der Waals surface area contributed by atoms with Gasteiger partial charge in [-0.3, -0.25) is 0 Å². The Balaban J connectivity index is 3.62. The first kappa shape index (κ1) is 16.4. The highest BCUT2D eigenvalue weighted by molar-refractivity contribution is 5.23. The molecule has 10 heteroatoms. The standard InChI is InChI=1S/C9H10F8O2/c1-3-4(2)6(19,9(15,16)17)7(10,11)5(3,18)8(12,13)14/h3-4,18-19H,1-2H3. The molecule has 4 unspecified atom stereocenters. The van der Waals surface area contributed by atoms with E-state index < -0.39 is 41.3 Å². The highest BCUT2D eigenvalue weighted by Gasteiger charge is 2.90. The number of aliphatic hydroxyl groups is 2. The second-order valence-electron chi connectivity index (χ2n) is 4.68. The van der Waals surface area contributed by atoms with E-state index >= 15 is 0 Å². The lowest BCUT2D eigenvalue weighted by molar-refractivity contribution is -0.389. The Morgan fingerprint density at radius 3 is 1.05 bits per heavy atom. The Morgan fingerprint density at radius 1 is 0.737 bits per heavy atom. The van der Waals surface area contributed by atoms with Crippen molar-refractivity contribution in [3.63, 3.8) is 0 Å². The summed E-state index contributed by atoms with van der Waals surface area (Å²) in [5.74, 6) is -10.9. The van der Waals surface area contributed by atoms with Gasteiger partial charge in [0.25, 0.3) is 0 Å². The first-order valence-corrected chi connectivity index (χ1v) is 5.02. The normalized spacial score (nSPS) is 43.6. The van der Waals surface area contributed by atoms with Gasteiger partial charge < -0.3 is 10.2 Å². The first-order valence-electron chi connectivity index (χ1n) is 5.02. The third kappa shape index (κ3) is 1.55. The van der Waals surface area contributed by atoms with Crippen molar-refractivity contribution in [3.05, 3.63) is 0 Å². The number of hydrogen-bond donors (Lipinski definition) is 2. The molecule has 1 aliphatic carbocycles. The molecule has 0 spiro atoms. The van der Waals surface area contributed by atoms with Crippen molar-refractivity contribution in [1.29, 1.82) is 0 Å². The van der Waals surface area contributed by atoms with Gasteiger partial charge in [0.1, 0.15) is 0 Å². The SMILES string of the molecule is CC1C(C)C(O)(C(F)(F)F)C(F)(F)C1(O)C(F)(F)F. The summed E-state index contributed by atoms with van der Waals surface area (Å²) in [6, 6.07) is 0. The highest BCUT2D eigenvalue weighted by atomic mass is 19.4. The van der Waals surface area contributed by atoms with Crippen LogP contribution in [-0.2, 0) is 0 Å². The molecule has 0 saturated heterocycles. The second kappa shape index (κ2) is 3.72. The Kier molecular flexibility index (Phi) is 3.21. The molecule has 19 heavy (non-hydrogen) atoms. The molecular weight excluding hydrogens is 292 g/mol. The molecule has 0 aliphatic heterocycles. The zero-order chi connectivity index (χ0) is 15.7. The molecule has 2 N–H and O–H groups in total. The largest absolute Gasteiger partial charge is 0.423 e. The Morgan fingerprint density at radius 2 is 0.947 bits per heavy atom. The van der Waals surface area contributed by atoms with Crippen molar-refractivity contribution in [3.8, 4) is 0 Å². The van der Waals surface area contributed by atoms with Crippen molar-refractivity contribution in [2.24, 2.45) is 11.8 Å². The number of halogens is 8. The van der Waals surface area contributed by atoms with Gasteiger partial charge in [0.05, 0.1) is 0 Å². The fraction of sp³-hybridized carbons (Fsp3) is 1.00. The molecule has 0 amide bonds. The van der Waals surface area contributed by atoms with E-state index in [1.165, 1.54) is 0 Å². The van der Waals surface area contributed by atoms with Crippen LogP contribution in [0.15, 0.2) is 0 Å². The topological polar surface area (TPSA) is 40.5 Å². The average molecular weight is 302 g/mol. The highest BCUT2D eigenvalue weighted by Crippen LogP contribution is 2.65. The monoisotopic (exact) mass is 302 g/mol. The van der Waals surface area contributed by atoms with Gasteiger partial charge in [0.15, 0.2) is 0 Å². The van der Waals surface area contributed by atoms with Crippen LogP contribution >= 0.6 is 0 Å². The van der Waals surface area contributed by atoms with Crippen LogP contribution in [0.1, 0.15) is 13.8 Å². The van der Waals surface area contributed by atoms with Crippen LogP contribution in [0.25, 0.3) is 0 Å². The summed E-state index contributed by atoms with van der Waals surface area (Å²) in [6.07, 6.45) is -12.1. The summed E-state index contributed by atoms with van der Waals surface area (Å²) in [6.45, 7) is 0.769. The van der Waals surface area contributed by atoms with E-state index in [-0.39, 0.29) is 0 Å².